The summed E-state index contributed by atoms with van der Waals surface area (Å²) in [7, 11) is 4.05. The molecule has 0 radical (unpaired) electrons. The third kappa shape index (κ3) is 1.83. The normalized spacial score (nSPS) is 9.87. The number of esters is 2. The van der Waals surface area contributed by atoms with Crippen LogP contribution in [0.5, 0.6) is 0 Å². The second kappa shape index (κ2) is 4.12. The summed E-state index contributed by atoms with van der Waals surface area (Å²) in [6.07, 6.45) is 0. The van der Waals surface area contributed by atoms with E-state index in [4.69, 9.17) is 0 Å². The van der Waals surface area contributed by atoms with Crippen molar-refractivity contribution in [2.24, 2.45) is 7.05 Å². The molecular weight excluding hydrogens is 200 g/mol. The molecule has 6 heteroatoms. The van der Waals surface area contributed by atoms with Crippen molar-refractivity contribution in [2.45, 2.75) is 6.92 Å². The molecule has 82 valence electrons. The molecule has 0 spiro atoms. The van der Waals surface area contributed by atoms with Crippen molar-refractivity contribution >= 4 is 11.9 Å². The Balaban J connectivity index is 3.35. The number of rotatable bonds is 2. The maximum Gasteiger partial charge on any atom is 0.357 e. The number of carbonyl (C=O) groups is 2. The average molecular weight is 212 g/mol. The van der Waals surface area contributed by atoms with Gasteiger partial charge in [0.05, 0.1) is 19.9 Å². The Morgan fingerprint density at radius 2 is 1.73 bits per heavy atom. The van der Waals surface area contributed by atoms with Gasteiger partial charge in [-0.05, 0) is 6.92 Å². The van der Waals surface area contributed by atoms with Gasteiger partial charge in [-0.15, -0.1) is 0 Å². The SMILES string of the molecule is COC(=O)c1c(C)nn(C)c1C(=O)OC. The van der Waals surface area contributed by atoms with Gasteiger partial charge in [-0.2, -0.15) is 5.10 Å². The number of nitrogens with zero attached hydrogens (tertiary/aromatic N) is 2. The Kier molecular flexibility index (Phi) is 3.08. The molecule has 0 aromatic carbocycles. The lowest BCUT2D eigenvalue weighted by molar-refractivity contribution is 0.0547. The van der Waals surface area contributed by atoms with Crippen LogP contribution in [0.15, 0.2) is 0 Å². The number of ether oxygens (including phenoxy) is 2. The van der Waals surface area contributed by atoms with Crippen LogP contribution >= 0.6 is 0 Å². The van der Waals surface area contributed by atoms with Crippen molar-refractivity contribution in [3.8, 4) is 0 Å². The van der Waals surface area contributed by atoms with Gasteiger partial charge in [0.15, 0.2) is 5.69 Å². The van der Waals surface area contributed by atoms with Crippen molar-refractivity contribution in [2.75, 3.05) is 14.2 Å². The number of hydrogen-bond donors (Lipinski definition) is 0. The molecule has 1 heterocycles. The molecule has 0 fully saturated rings. The van der Waals surface area contributed by atoms with E-state index < -0.39 is 11.9 Å². The van der Waals surface area contributed by atoms with Crippen molar-refractivity contribution in [3.05, 3.63) is 17.0 Å². The zero-order valence-corrected chi connectivity index (χ0v) is 9.03. The van der Waals surface area contributed by atoms with Crippen molar-refractivity contribution in [1.29, 1.82) is 0 Å². The molecule has 0 amide bonds. The van der Waals surface area contributed by atoms with Gasteiger partial charge in [0.1, 0.15) is 5.56 Å². The lowest BCUT2D eigenvalue weighted by Crippen LogP contribution is -2.14. The predicted molar refractivity (Wildman–Crippen MR) is 50.6 cm³/mol. The van der Waals surface area contributed by atoms with E-state index in [0.29, 0.717) is 5.69 Å². The smallest absolute Gasteiger partial charge is 0.357 e. The van der Waals surface area contributed by atoms with E-state index in [1.54, 1.807) is 14.0 Å². The summed E-state index contributed by atoms with van der Waals surface area (Å²) >= 11 is 0. The summed E-state index contributed by atoms with van der Waals surface area (Å²) in [6.45, 7) is 1.62. The fourth-order valence-electron chi connectivity index (χ4n) is 1.34. The summed E-state index contributed by atoms with van der Waals surface area (Å²) in [5.41, 5.74) is 0.679. The van der Waals surface area contributed by atoms with Crippen molar-refractivity contribution in [3.63, 3.8) is 0 Å². The van der Waals surface area contributed by atoms with E-state index in [1.807, 2.05) is 0 Å². The van der Waals surface area contributed by atoms with Gasteiger partial charge in [0, 0.05) is 7.05 Å². The van der Waals surface area contributed by atoms with Gasteiger partial charge in [-0.25, -0.2) is 9.59 Å². The highest BCUT2D eigenvalue weighted by Crippen LogP contribution is 2.15. The molecule has 0 aliphatic heterocycles. The molecule has 1 rings (SSSR count). The third-order valence-electron chi connectivity index (χ3n) is 1.99. The van der Waals surface area contributed by atoms with Gasteiger partial charge in [-0.1, -0.05) is 0 Å². The lowest BCUT2D eigenvalue weighted by Gasteiger charge is -2.02. The molecule has 0 saturated heterocycles. The summed E-state index contributed by atoms with van der Waals surface area (Å²) in [5, 5.41) is 3.96. The largest absolute Gasteiger partial charge is 0.465 e. The van der Waals surface area contributed by atoms with Crippen LogP contribution in [0.3, 0.4) is 0 Å². The fourth-order valence-corrected chi connectivity index (χ4v) is 1.34. The Labute approximate surface area is 86.8 Å². The zero-order valence-electron chi connectivity index (χ0n) is 9.03. The van der Waals surface area contributed by atoms with Crippen LogP contribution in [0.2, 0.25) is 0 Å². The molecule has 0 unspecified atom stereocenters. The van der Waals surface area contributed by atoms with Crippen LogP contribution in [0.25, 0.3) is 0 Å². The first-order valence-corrected chi connectivity index (χ1v) is 4.23. The average Bonchev–Trinajstić information content (AvgIpc) is 2.51. The second-order valence-corrected chi connectivity index (χ2v) is 2.92. The zero-order chi connectivity index (χ0) is 11.6. The Morgan fingerprint density at radius 1 is 1.20 bits per heavy atom. The summed E-state index contributed by atoms with van der Waals surface area (Å²) < 4.78 is 10.4. The van der Waals surface area contributed by atoms with Gasteiger partial charge in [0.2, 0.25) is 0 Å². The fraction of sp³-hybridized carbons (Fsp3) is 0.444. The topological polar surface area (TPSA) is 70.4 Å². The number of aryl methyl sites for hydroxylation is 2. The second-order valence-electron chi connectivity index (χ2n) is 2.92. The molecule has 6 nitrogen and oxygen atoms in total. The Morgan fingerprint density at radius 3 is 2.20 bits per heavy atom. The maximum atomic E-state index is 11.4. The van der Waals surface area contributed by atoms with E-state index in [-0.39, 0.29) is 11.3 Å². The predicted octanol–water partition coefficient (Wildman–Crippen LogP) is 0.302. The first kappa shape index (κ1) is 11.2. The molecule has 1 aromatic heterocycles. The minimum atomic E-state index is -0.612. The summed E-state index contributed by atoms with van der Waals surface area (Å²) in [6, 6.07) is 0. The van der Waals surface area contributed by atoms with E-state index in [9.17, 15) is 9.59 Å². The molecule has 1 aromatic rings. The standard InChI is InChI=1S/C9H12N2O4/c1-5-6(8(12)14-3)7(9(13)15-4)11(2)10-5/h1-4H3. The maximum absolute atomic E-state index is 11.4. The van der Waals surface area contributed by atoms with E-state index in [0.717, 1.165) is 0 Å². The third-order valence-corrected chi connectivity index (χ3v) is 1.99. The minimum Gasteiger partial charge on any atom is -0.465 e. The molecule has 0 aliphatic rings. The highest BCUT2D eigenvalue weighted by molar-refractivity contribution is 6.02. The van der Waals surface area contributed by atoms with Gasteiger partial charge >= 0.3 is 11.9 Å². The molecule has 0 saturated carbocycles. The van der Waals surface area contributed by atoms with Crippen LogP contribution in [0.4, 0.5) is 0 Å². The van der Waals surface area contributed by atoms with Crippen LogP contribution in [0.1, 0.15) is 26.5 Å². The Hall–Kier alpha value is -1.85. The van der Waals surface area contributed by atoms with Gasteiger partial charge in [-0.3, -0.25) is 4.68 Å². The first-order valence-electron chi connectivity index (χ1n) is 4.23. The quantitative estimate of drug-likeness (QED) is 0.659. The highest BCUT2D eigenvalue weighted by atomic mass is 16.5. The van der Waals surface area contributed by atoms with E-state index in [2.05, 4.69) is 14.6 Å². The monoisotopic (exact) mass is 212 g/mol. The minimum absolute atomic E-state index is 0.0989. The van der Waals surface area contributed by atoms with Crippen LogP contribution < -0.4 is 0 Å². The number of carbonyl (C=O) groups excluding carboxylic acids is 2. The lowest BCUT2D eigenvalue weighted by atomic mass is 10.2. The molecule has 15 heavy (non-hydrogen) atoms. The summed E-state index contributed by atoms with van der Waals surface area (Å²) in [5.74, 6) is -1.21. The van der Waals surface area contributed by atoms with E-state index >= 15 is 0 Å². The number of aromatic nitrogens is 2. The number of hydrogen-bond acceptors (Lipinski definition) is 5. The molecular formula is C9H12N2O4. The van der Waals surface area contributed by atoms with Crippen LogP contribution in [-0.4, -0.2) is 35.9 Å². The van der Waals surface area contributed by atoms with E-state index in [1.165, 1.54) is 18.9 Å². The highest BCUT2D eigenvalue weighted by Gasteiger charge is 2.26. The van der Waals surface area contributed by atoms with Crippen molar-refractivity contribution in [1.82, 2.24) is 9.78 Å². The van der Waals surface area contributed by atoms with Crippen LogP contribution in [0, 0.1) is 6.92 Å². The molecule has 0 bridgehead atoms. The van der Waals surface area contributed by atoms with Gasteiger partial charge < -0.3 is 9.47 Å². The van der Waals surface area contributed by atoms with Crippen molar-refractivity contribution < 1.29 is 19.1 Å². The Bertz CT molecular complexity index is 372. The summed E-state index contributed by atoms with van der Waals surface area (Å²) in [4.78, 5) is 22.8. The molecule has 0 N–H and O–H groups in total. The van der Waals surface area contributed by atoms with Crippen LogP contribution in [-0.2, 0) is 16.5 Å². The molecule has 0 aliphatic carbocycles. The molecule has 0 atom stereocenters. The van der Waals surface area contributed by atoms with Gasteiger partial charge in [0.25, 0.3) is 0 Å². The number of methoxy groups -OCH3 is 2. The first-order chi connectivity index (χ1) is 7.02.